The zero-order chi connectivity index (χ0) is 18.0. The van der Waals surface area contributed by atoms with Crippen LogP contribution in [0.25, 0.3) is 11.0 Å². The molecule has 6 heteroatoms. The van der Waals surface area contributed by atoms with E-state index in [4.69, 9.17) is 4.74 Å². The Labute approximate surface area is 143 Å². The van der Waals surface area contributed by atoms with Crippen molar-refractivity contribution in [3.8, 4) is 11.6 Å². The fraction of sp³-hybridized carbons (Fsp3) is 0.211. The van der Waals surface area contributed by atoms with Crippen LogP contribution >= 0.6 is 0 Å². The minimum atomic E-state index is -0.545. The Morgan fingerprint density at radius 1 is 1.20 bits per heavy atom. The maximum absolute atomic E-state index is 14.6. The number of aromatic nitrogens is 2. The van der Waals surface area contributed by atoms with Gasteiger partial charge in [0.05, 0.1) is 11.7 Å². The molecule has 0 radical (unpaired) electrons. The first-order valence-electron chi connectivity index (χ1n) is 7.82. The number of nitrogens with zero attached hydrogens (tertiary/aromatic N) is 2. The second-order valence-corrected chi connectivity index (χ2v) is 5.86. The number of ketones is 1. The molecule has 0 N–H and O–H groups in total. The summed E-state index contributed by atoms with van der Waals surface area (Å²) in [5, 5.41) is 0. The van der Waals surface area contributed by atoms with Crippen LogP contribution in [0.1, 0.15) is 19.4 Å². The van der Waals surface area contributed by atoms with Crippen LogP contribution in [-0.2, 0) is 11.2 Å². The highest BCUT2D eigenvalue weighted by atomic mass is 19.1. The lowest BCUT2D eigenvalue weighted by Gasteiger charge is -2.12. The van der Waals surface area contributed by atoms with Gasteiger partial charge < -0.3 is 4.74 Å². The summed E-state index contributed by atoms with van der Waals surface area (Å²) >= 11 is 0. The lowest BCUT2D eigenvalue weighted by molar-refractivity contribution is -0.120. The Kier molecular flexibility index (Phi) is 4.70. The maximum Gasteiger partial charge on any atom is 0.238 e. The van der Waals surface area contributed by atoms with Gasteiger partial charge in [0.2, 0.25) is 5.88 Å². The zero-order valence-electron chi connectivity index (χ0n) is 13.8. The van der Waals surface area contributed by atoms with Crippen LogP contribution in [0.3, 0.4) is 0 Å². The molecular weight excluding hydrogens is 326 g/mol. The smallest absolute Gasteiger partial charge is 0.238 e. The molecule has 1 unspecified atom stereocenters. The Balaban J connectivity index is 1.89. The first-order valence-corrected chi connectivity index (χ1v) is 7.82. The first-order chi connectivity index (χ1) is 12.0. The molecule has 0 aliphatic heterocycles. The molecular formula is C19H16F2N2O2. The molecule has 0 bridgehead atoms. The van der Waals surface area contributed by atoms with E-state index in [-0.39, 0.29) is 35.3 Å². The van der Waals surface area contributed by atoms with Crippen LogP contribution in [0, 0.1) is 17.6 Å². The van der Waals surface area contributed by atoms with E-state index in [2.05, 4.69) is 9.97 Å². The lowest BCUT2D eigenvalue weighted by Crippen LogP contribution is -2.10. The minimum absolute atomic E-state index is 0.00635. The molecule has 0 fully saturated rings. The van der Waals surface area contributed by atoms with Crippen LogP contribution in [0.5, 0.6) is 11.6 Å². The highest BCUT2D eigenvalue weighted by molar-refractivity contribution is 5.78. The van der Waals surface area contributed by atoms with Gasteiger partial charge in [-0.05, 0) is 37.1 Å². The molecule has 4 nitrogen and oxygen atoms in total. The van der Waals surface area contributed by atoms with Crippen LogP contribution in [0.4, 0.5) is 8.78 Å². The van der Waals surface area contributed by atoms with Crippen molar-refractivity contribution in [2.24, 2.45) is 5.92 Å². The molecule has 3 rings (SSSR count). The van der Waals surface area contributed by atoms with Gasteiger partial charge >= 0.3 is 0 Å². The lowest BCUT2D eigenvalue weighted by atomic mass is 9.97. The standard InChI is InChI=1S/C19H16F2N2O2/c1-11(12(2)24)9-13-5-3-8-16(18(13)21)25-17-10-22-19-14(20)6-4-7-15(19)23-17/h3-8,10-11H,9H2,1-2H3. The van der Waals surface area contributed by atoms with E-state index in [1.54, 1.807) is 25.1 Å². The zero-order valence-corrected chi connectivity index (χ0v) is 13.8. The van der Waals surface area contributed by atoms with Gasteiger partial charge in [-0.2, -0.15) is 0 Å². The monoisotopic (exact) mass is 342 g/mol. The quantitative estimate of drug-likeness (QED) is 0.686. The van der Waals surface area contributed by atoms with E-state index in [0.717, 1.165) is 0 Å². The average molecular weight is 342 g/mol. The molecule has 25 heavy (non-hydrogen) atoms. The number of halogens is 2. The largest absolute Gasteiger partial charge is 0.434 e. The summed E-state index contributed by atoms with van der Waals surface area (Å²) in [4.78, 5) is 19.5. The number of para-hydroxylation sites is 1. The molecule has 0 saturated heterocycles. The van der Waals surface area contributed by atoms with Crippen molar-refractivity contribution >= 4 is 16.8 Å². The topological polar surface area (TPSA) is 52.1 Å². The molecule has 0 aliphatic rings. The molecule has 1 atom stereocenters. The van der Waals surface area contributed by atoms with Crippen molar-refractivity contribution in [2.45, 2.75) is 20.3 Å². The van der Waals surface area contributed by atoms with Crippen molar-refractivity contribution in [3.63, 3.8) is 0 Å². The normalized spacial score (nSPS) is 12.2. The van der Waals surface area contributed by atoms with Gasteiger partial charge in [0.1, 0.15) is 11.3 Å². The van der Waals surface area contributed by atoms with Crippen molar-refractivity contribution in [3.05, 3.63) is 59.8 Å². The molecule has 0 amide bonds. The predicted molar refractivity (Wildman–Crippen MR) is 89.5 cm³/mol. The van der Waals surface area contributed by atoms with Crippen LogP contribution in [0.15, 0.2) is 42.6 Å². The molecule has 0 spiro atoms. The number of Topliss-reactive ketones (excluding diaryl/α,β-unsaturated/α-hetero) is 1. The van der Waals surface area contributed by atoms with E-state index in [9.17, 15) is 13.6 Å². The van der Waals surface area contributed by atoms with Crippen molar-refractivity contribution < 1.29 is 18.3 Å². The number of fused-ring (bicyclic) bond motifs is 1. The second-order valence-electron chi connectivity index (χ2n) is 5.86. The number of carbonyl (C=O) groups excluding carboxylic acids is 1. The van der Waals surface area contributed by atoms with Crippen LogP contribution in [0.2, 0.25) is 0 Å². The summed E-state index contributed by atoms with van der Waals surface area (Å²) in [7, 11) is 0. The highest BCUT2D eigenvalue weighted by Crippen LogP contribution is 2.27. The number of benzene rings is 2. The third kappa shape index (κ3) is 3.63. The van der Waals surface area contributed by atoms with Gasteiger partial charge in [0.25, 0.3) is 0 Å². The van der Waals surface area contributed by atoms with E-state index >= 15 is 0 Å². The summed E-state index contributed by atoms with van der Waals surface area (Å²) in [5.41, 5.74) is 0.832. The number of hydrogen-bond acceptors (Lipinski definition) is 4. The van der Waals surface area contributed by atoms with Gasteiger partial charge in [-0.15, -0.1) is 0 Å². The Morgan fingerprint density at radius 3 is 2.72 bits per heavy atom. The van der Waals surface area contributed by atoms with Crippen molar-refractivity contribution in [2.75, 3.05) is 0 Å². The highest BCUT2D eigenvalue weighted by Gasteiger charge is 2.16. The number of rotatable bonds is 5. The summed E-state index contributed by atoms with van der Waals surface area (Å²) in [6.45, 7) is 3.23. The molecule has 2 aromatic carbocycles. The van der Waals surface area contributed by atoms with E-state index in [0.29, 0.717) is 11.1 Å². The molecule has 3 aromatic rings. The Hall–Kier alpha value is -2.89. The molecule has 0 aliphatic carbocycles. The summed E-state index contributed by atoms with van der Waals surface area (Å²) in [6, 6.07) is 9.13. The molecule has 128 valence electrons. The average Bonchev–Trinajstić information content (AvgIpc) is 2.58. The van der Waals surface area contributed by atoms with Crippen LogP contribution in [-0.4, -0.2) is 15.8 Å². The third-order valence-corrected chi connectivity index (χ3v) is 3.98. The van der Waals surface area contributed by atoms with Gasteiger partial charge in [0, 0.05) is 5.92 Å². The minimum Gasteiger partial charge on any atom is -0.434 e. The number of ether oxygens (including phenoxy) is 1. The summed E-state index contributed by atoms with van der Waals surface area (Å²) in [5.74, 6) is -1.27. The van der Waals surface area contributed by atoms with Gasteiger partial charge in [0.15, 0.2) is 17.4 Å². The molecule has 1 heterocycles. The third-order valence-electron chi connectivity index (χ3n) is 3.98. The van der Waals surface area contributed by atoms with E-state index in [1.165, 1.54) is 31.3 Å². The molecule has 1 aromatic heterocycles. The van der Waals surface area contributed by atoms with Crippen molar-refractivity contribution in [1.82, 2.24) is 9.97 Å². The summed E-state index contributed by atoms with van der Waals surface area (Å²) in [6.07, 6.45) is 1.53. The predicted octanol–water partition coefficient (Wildman–Crippen LogP) is 4.47. The number of carbonyl (C=O) groups is 1. The van der Waals surface area contributed by atoms with Gasteiger partial charge in [-0.25, -0.2) is 18.7 Å². The molecule has 0 saturated carbocycles. The van der Waals surface area contributed by atoms with Crippen LogP contribution < -0.4 is 4.74 Å². The van der Waals surface area contributed by atoms with Gasteiger partial charge in [-0.1, -0.05) is 25.1 Å². The summed E-state index contributed by atoms with van der Waals surface area (Å²) < 4.78 is 33.7. The fourth-order valence-corrected chi connectivity index (χ4v) is 2.42. The Bertz CT molecular complexity index is 944. The van der Waals surface area contributed by atoms with E-state index in [1.807, 2.05) is 0 Å². The van der Waals surface area contributed by atoms with Crippen molar-refractivity contribution in [1.29, 1.82) is 0 Å². The maximum atomic E-state index is 14.6. The van der Waals surface area contributed by atoms with E-state index < -0.39 is 11.6 Å². The first kappa shape index (κ1) is 17.0. The SMILES string of the molecule is CC(=O)C(C)Cc1cccc(Oc2cnc3c(F)cccc3n2)c1F. The Morgan fingerprint density at radius 2 is 1.96 bits per heavy atom. The fourth-order valence-electron chi connectivity index (χ4n) is 2.42. The van der Waals surface area contributed by atoms with Gasteiger partial charge in [-0.3, -0.25) is 4.79 Å². The second kappa shape index (κ2) is 6.93. The number of hydrogen-bond donors (Lipinski definition) is 0.